The van der Waals surface area contributed by atoms with Gasteiger partial charge in [-0.05, 0) is 38.1 Å². The number of rotatable bonds is 0. The zero-order valence-corrected chi connectivity index (χ0v) is 15.0. The van der Waals surface area contributed by atoms with Crippen molar-refractivity contribution in [2.45, 2.75) is 13.8 Å². The zero-order valence-electron chi connectivity index (χ0n) is 14.0. The van der Waals surface area contributed by atoms with Crippen LogP contribution in [0.4, 0.5) is 0 Å². The van der Waals surface area contributed by atoms with Crippen molar-refractivity contribution in [2.24, 2.45) is 0 Å². The van der Waals surface area contributed by atoms with E-state index < -0.39 is 0 Å². The quantitative estimate of drug-likeness (QED) is 0.403. The first-order valence-corrected chi connectivity index (χ1v) is 9.03. The van der Waals surface area contributed by atoms with Crippen molar-refractivity contribution >= 4 is 30.6 Å². The summed E-state index contributed by atoms with van der Waals surface area (Å²) in [7, 11) is 0.278. The smallest absolute Gasteiger partial charge is 0.203 e. The van der Waals surface area contributed by atoms with Crippen molar-refractivity contribution in [3.63, 3.8) is 0 Å². The topological polar surface area (TPSA) is 42.8 Å². The summed E-state index contributed by atoms with van der Waals surface area (Å²) in [5.74, 6) is 0. The second kappa shape index (κ2) is 5.26. The van der Waals surface area contributed by atoms with Crippen LogP contribution in [0.1, 0.15) is 11.4 Å². The van der Waals surface area contributed by atoms with Gasteiger partial charge in [0.1, 0.15) is 0 Å². The van der Waals surface area contributed by atoms with Gasteiger partial charge in [-0.1, -0.05) is 0 Å². The highest BCUT2D eigenvalue weighted by Gasteiger charge is 2.18. The lowest BCUT2D eigenvalue weighted by atomic mass is 10.3. The van der Waals surface area contributed by atoms with Gasteiger partial charge in [-0.25, -0.2) is 8.56 Å². The van der Waals surface area contributed by atoms with Gasteiger partial charge in [0.2, 0.25) is 12.4 Å². The van der Waals surface area contributed by atoms with Crippen LogP contribution in [0.2, 0.25) is 0 Å². The summed E-state index contributed by atoms with van der Waals surface area (Å²) >= 11 is 0. The van der Waals surface area contributed by atoms with Crippen LogP contribution in [0.5, 0.6) is 0 Å². The lowest BCUT2D eigenvalue weighted by molar-refractivity contribution is -1.10. The van der Waals surface area contributed by atoms with Crippen LogP contribution >= 0.6 is 8.51 Å². The van der Waals surface area contributed by atoms with Gasteiger partial charge in [-0.3, -0.25) is 0 Å². The highest BCUT2D eigenvalue weighted by Crippen LogP contribution is 2.16. The maximum absolute atomic E-state index is 4.71. The first-order valence-electron chi connectivity index (χ1n) is 8.14. The highest BCUT2D eigenvalue weighted by atomic mass is 31.1. The fourth-order valence-corrected chi connectivity index (χ4v) is 4.41. The van der Waals surface area contributed by atoms with Gasteiger partial charge >= 0.3 is 11.0 Å². The molecule has 5 aromatic rings. The van der Waals surface area contributed by atoms with Crippen LogP contribution in [0, 0.1) is 13.8 Å². The van der Waals surface area contributed by atoms with E-state index >= 15 is 0 Å². The van der Waals surface area contributed by atoms with Gasteiger partial charge < -0.3 is 0 Å². The molecule has 7 heteroatoms. The minimum atomic E-state index is 0.278. The molecule has 0 unspecified atom stereocenters. The lowest BCUT2D eigenvalue weighted by Gasteiger charge is -1.88. The number of fused-ring (bicyclic) bond motifs is 7. The minimum Gasteiger partial charge on any atom is -0.203 e. The van der Waals surface area contributed by atoms with Crippen LogP contribution in [0.25, 0.3) is 22.1 Å². The summed E-state index contributed by atoms with van der Waals surface area (Å²) in [6.07, 6.45) is 4.15. The van der Waals surface area contributed by atoms with Crippen molar-refractivity contribution in [3.8, 4) is 0 Å². The lowest BCUT2D eigenvalue weighted by Crippen LogP contribution is -2.52. The molecule has 0 amide bonds. The van der Waals surface area contributed by atoms with E-state index in [1.165, 1.54) is 0 Å². The molecule has 25 heavy (non-hydrogen) atoms. The molecular weight excluding hydrogens is 331 g/mol. The Hall–Kier alpha value is -2.98. The molecule has 0 aliphatic heterocycles. The third-order valence-corrected chi connectivity index (χ3v) is 5.35. The molecule has 0 radical (unpaired) electrons. The summed E-state index contributed by atoms with van der Waals surface area (Å²) in [4.78, 5) is 0. The van der Waals surface area contributed by atoms with Crippen molar-refractivity contribution in [1.82, 2.24) is 18.8 Å². The molecule has 0 atom stereocenters. The van der Waals surface area contributed by atoms with Crippen LogP contribution in [-0.2, 0) is 0 Å². The van der Waals surface area contributed by atoms with Crippen LogP contribution in [0.15, 0.2) is 60.9 Å². The van der Waals surface area contributed by atoms with Gasteiger partial charge in [0, 0.05) is 24.3 Å². The Balaban J connectivity index is 2.25. The summed E-state index contributed by atoms with van der Waals surface area (Å²) < 4.78 is 8.41. The number of aryl methyl sites for hydroxylation is 2. The van der Waals surface area contributed by atoms with E-state index in [1.54, 1.807) is 0 Å². The van der Waals surface area contributed by atoms with Gasteiger partial charge in [0.25, 0.3) is 0 Å². The molecule has 0 aliphatic carbocycles. The van der Waals surface area contributed by atoms with Crippen LogP contribution in [0.3, 0.4) is 0 Å². The third kappa shape index (κ3) is 2.18. The average molecular weight is 348 g/mol. The molecule has 6 nitrogen and oxygen atoms in total. The monoisotopic (exact) mass is 348 g/mol. The van der Waals surface area contributed by atoms with Crippen molar-refractivity contribution in [3.05, 3.63) is 72.3 Å². The minimum absolute atomic E-state index is 0.278. The Bertz CT molecular complexity index is 1220. The Morgan fingerprint density at radius 3 is 1.72 bits per heavy atom. The van der Waals surface area contributed by atoms with Gasteiger partial charge in [0.05, 0.1) is 28.9 Å². The molecular formula is C18H17N6P+2. The largest absolute Gasteiger partial charge is 0.303 e. The average Bonchev–Trinajstić information content (AvgIpc) is 3.17. The number of hydrogen-bond donors (Lipinski definition) is 0. The Morgan fingerprint density at radius 1 is 0.760 bits per heavy atom. The second-order valence-electron chi connectivity index (χ2n) is 6.13. The highest BCUT2D eigenvalue weighted by molar-refractivity contribution is 7.21. The number of aromatic nitrogens is 6. The van der Waals surface area contributed by atoms with Crippen molar-refractivity contribution in [2.75, 3.05) is 0 Å². The maximum Gasteiger partial charge on any atom is 0.303 e. The molecule has 0 spiro atoms. The number of nitrogens with zero attached hydrogens (tertiary/aromatic N) is 6. The van der Waals surface area contributed by atoms with Gasteiger partial charge in [-0.2, -0.15) is 10.2 Å². The Morgan fingerprint density at radius 2 is 1.24 bits per heavy atom. The molecule has 122 valence electrons. The SMILES string of the molecule is Cc1cc2c3cccc[n+]3[n+]3ccccc3c3cc(C)nn3[pH]n2n1. The summed E-state index contributed by atoms with van der Waals surface area (Å²) in [6, 6.07) is 16.7. The normalized spacial score (nSPS) is 11.6. The molecule has 0 fully saturated rings. The van der Waals surface area contributed by atoms with E-state index in [0.29, 0.717) is 0 Å². The van der Waals surface area contributed by atoms with Crippen molar-refractivity contribution < 1.29 is 9.03 Å². The van der Waals surface area contributed by atoms with Gasteiger partial charge in [0.15, 0.2) is 11.0 Å². The predicted octanol–water partition coefficient (Wildman–Crippen LogP) is 2.23. The molecule has 0 saturated heterocycles. The zero-order chi connectivity index (χ0) is 17.0. The van der Waals surface area contributed by atoms with E-state index in [1.807, 2.05) is 34.5 Å². The predicted molar refractivity (Wildman–Crippen MR) is 96.9 cm³/mol. The summed E-state index contributed by atoms with van der Waals surface area (Å²) in [6.45, 7) is 4.06. The third-order valence-electron chi connectivity index (χ3n) is 4.29. The molecule has 5 rings (SSSR count). The fraction of sp³-hybridized carbons (Fsp3) is 0.111. The van der Waals surface area contributed by atoms with Gasteiger partial charge in [-0.15, -0.1) is 0 Å². The summed E-state index contributed by atoms with van der Waals surface area (Å²) in [5, 5.41) is 9.42. The van der Waals surface area contributed by atoms with Crippen LogP contribution < -0.4 is 9.03 Å². The molecule has 0 N–H and O–H groups in total. The standard InChI is InChI=1S/C18H17N6P/c1-13-11-17-15-7-3-5-9-21(15)22-10-6-4-8-16(22)18-12-14(2)20-24(18)25-23(17)19-13/h3-12,25H,1-2H3/q+2. The van der Waals surface area contributed by atoms with E-state index in [-0.39, 0.29) is 8.51 Å². The number of pyridine rings is 2. The fourth-order valence-electron chi connectivity index (χ4n) is 3.26. The summed E-state index contributed by atoms with van der Waals surface area (Å²) in [5.41, 5.74) is 6.36. The Labute approximate surface area is 145 Å². The van der Waals surface area contributed by atoms with E-state index in [0.717, 1.165) is 33.5 Å². The molecule has 0 aromatic carbocycles. The van der Waals surface area contributed by atoms with E-state index in [9.17, 15) is 0 Å². The molecule has 0 aliphatic rings. The Kier molecular flexibility index (Phi) is 3.02. The van der Waals surface area contributed by atoms with Crippen LogP contribution in [-0.4, -0.2) is 18.8 Å². The van der Waals surface area contributed by atoms with E-state index in [2.05, 4.69) is 57.8 Å². The molecule has 5 heterocycles. The molecule has 0 bridgehead atoms. The molecule has 0 saturated carbocycles. The van der Waals surface area contributed by atoms with E-state index in [4.69, 9.17) is 10.2 Å². The molecule has 5 aromatic heterocycles. The maximum atomic E-state index is 4.71. The first-order chi connectivity index (χ1) is 12.2. The second-order valence-corrected chi connectivity index (χ2v) is 7.17. The first kappa shape index (κ1) is 14.4. The number of hydrogen-bond acceptors (Lipinski definition) is 2. The van der Waals surface area contributed by atoms with Crippen molar-refractivity contribution in [1.29, 1.82) is 0 Å².